The number of morpholine rings is 1. The lowest BCUT2D eigenvalue weighted by molar-refractivity contribution is -0.130. The number of likely N-dealkylation sites (N-methyl/N-ethyl adjacent to an activating group) is 1. The Labute approximate surface area is 135 Å². The average molecular weight is 311 g/mol. The summed E-state index contributed by atoms with van der Waals surface area (Å²) >= 11 is 0. The average Bonchev–Trinajstić information content (AvgIpc) is 2.74. The Morgan fingerprint density at radius 3 is 2.59 bits per heavy atom. The van der Waals surface area contributed by atoms with E-state index in [4.69, 9.17) is 4.74 Å². The summed E-state index contributed by atoms with van der Waals surface area (Å²) in [6.07, 6.45) is 7.63. The van der Waals surface area contributed by atoms with Crippen LogP contribution in [0.2, 0.25) is 0 Å². The summed E-state index contributed by atoms with van der Waals surface area (Å²) in [7, 11) is 4.12. The quantitative estimate of drug-likeness (QED) is 0.781. The first-order valence-electron chi connectivity index (χ1n) is 8.87. The van der Waals surface area contributed by atoms with Gasteiger partial charge in [-0.2, -0.15) is 0 Å². The van der Waals surface area contributed by atoms with Gasteiger partial charge >= 0.3 is 0 Å². The summed E-state index contributed by atoms with van der Waals surface area (Å²) in [5.74, 6) is 0.192. The molecule has 1 aliphatic heterocycles. The van der Waals surface area contributed by atoms with E-state index in [1.807, 2.05) is 6.92 Å². The summed E-state index contributed by atoms with van der Waals surface area (Å²) in [5, 5.41) is 3.28. The molecule has 1 heterocycles. The van der Waals surface area contributed by atoms with Gasteiger partial charge in [-0.25, -0.2) is 0 Å². The van der Waals surface area contributed by atoms with Gasteiger partial charge in [0.2, 0.25) is 5.91 Å². The van der Waals surface area contributed by atoms with E-state index >= 15 is 0 Å². The zero-order valence-electron chi connectivity index (χ0n) is 14.5. The van der Waals surface area contributed by atoms with Gasteiger partial charge in [-0.1, -0.05) is 25.7 Å². The molecule has 2 rings (SSSR count). The van der Waals surface area contributed by atoms with Gasteiger partial charge in [0, 0.05) is 25.7 Å². The van der Waals surface area contributed by atoms with Crippen molar-refractivity contribution in [2.45, 2.75) is 63.6 Å². The minimum atomic E-state index is -0.0585. The van der Waals surface area contributed by atoms with Crippen molar-refractivity contribution in [1.82, 2.24) is 15.1 Å². The third kappa shape index (κ3) is 5.52. The molecule has 0 radical (unpaired) electrons. The van der Waals surface area contributed by atoms with Gasteiger partial charge in [-0.05, 0) is 33.9 Å². The Kier molecular flexibility index (Phi) is 7.12. The van der Waals surface area contributed by atoms with Crippen LogP contribution in [-0.4, -0.2) is 74.2 Å². The van der Waals surface area contributed by atoms with Crippen molar-refractivity contribution in [3.05, 3.63) is 0 Å². The third-order valence-corrected chi connectivity index (χ3v) is 4.87. The molecule has 1 saturated heterocycles. The molecule has 1 aliphatic carbocycles. The molecule has 0 bridgehead atoms. The first-order valence-corrected chi connectivity index (χ1v) is 8.87. The lowest BCUT2D eigenvalue weighted by Gasteiger charge is -2.37. The van der Waals surface area contributed by atoms with E-state index in [9.17, 15) is 4.79 Å². The Bertz CT molecular complexity index is 341. The van der Waals surface area contributed by atoms with Crippen LogP contribution in [0.1, 0.15) is 45.4 Å². The molecule has 2 fully saturated rings. The van der Waals surface area contributed by atoms with E-state index < -0.39 is 0 Å². The van der Waals surface area contributed by atoms with Gasteiger partial charge in [0.1, 0.15) is 0 Å². The molecule has 0 unspecified atom stereocenters. The molecule has 1 saturated carbocycles. The van der Waals surface area contributed by atoms with Gasteiger partial charge < -0.3 is 15.0 Å². The smallest absolute Gasteiger partial charge is 0.237 e. The minimum Gasteiger partial charge on any atom is -0.374 e. The zero-order chi connectivity index (χ0) is 15.9. The summed E-state index contributed by atoms with van der Waals surface area (Å²) in [4.78, 5) is 17.0. The van der Waals surface area contributed by atoms with Crippen LogP contribution in [0.4, 0.5) is 0 Å². The fourth-order valence-corrected chi connectivity index (χ4v) is 3.52. The lowest BCUT2D eigenvalue weighted by Crippen LogP contribution is -2.55. The molecule has 0 aromatic carbocycles. The van der Waals surface area contributed by atoms with Crippen LogP contribution in [0, 0.1) is 0 Å². The molecule has 2 atom stereocenters. The topological polar surface area (TPSA) is 44.8 Å². The van der Waals surface area contributed by atoms with E-state index in [-0.39, 0.29) is 18.1 Å². The maximum Gasteiger partial charge on any atom is 0.237 e. The number of amides is 1. The molecular formula is C17H33N3O2. The van der Waals surface area contributed by atoms with E-state index in [1.54, 1.807) is 0 Å². The van der Waals surface area contributed by atoms with Crippen LogP contribution in [0.15, 0.2) is 0 Å². The van der Waals surface area contributed by atoms with Crippen molar-refractivity contribution >= 4 is 5.91 Å². The van der Waals surface area contributed by atoms with Gasteiger partial charge in [0.25, 0.3) is 0 Å². The summed E-state index contributed by atoms with van der Waals surface area (Å²) < 4.78 is 5.80. The number of ether oxygens (including phenoxy) is 1. The Morgan fingerprint density at radius 1 is 1.27 bits per heavy atom. The van der Waals surface area contributed by atoms with Gasteiger partial charge in [-0.3, -0.25) is 9.69 Å². The summed E-state index contributed by atoms with van der Waals surface area (Å²) in [5.41, 5.74) is 0. The maximum absolute atomic E-state index is 12.5. The number of rotatable bonds is 5. The van der Waals surface area contributed by atoms with Gasteiger partial charge in [0.05, 0.1) is 18.8 Å². The molecule has 0 spiro atoms. The number of hydrogen-bond donors (Lipinski definition) is 1. The van der Waals surface area contributed by atoms with Crippen molar-refractivity contribution in [3.63, 3.8) is 0 Å². The van der Waals surface area contributed by atoms with Crippen molar-refractivity contribution in [2.24, 2.45) is 0 Å². The minimum absolute atomic E-state index is 0.0585. The molecule has 0 aromatic rings. The largest absolute Gasteiger partial charge is 0.374 e. The van der Waals surface area contributed by atoms with E-state index in [1.165, 1.54) is 25.7 Å². The number of carbonyl (C=O) groups excluding carboxylic acids is 1. The van der Waals surface area contributed by atoms with Crippen LogP contribution in [0.25, 0.3) is 0 Å². The second-order valence-corrected chi connectivity index (χ2v) is 7.12. The molecule has 22 heavy (non-hydrogen) atoms. The predicted octanol–water partition coefficient (Wildman–Crippen LogP) is 1.48. The zero-order valence-corrected chi connectivity index (χ0v) is 14.5. The van der Waals surface area contributed by atoms with Crippen molar-refractivity contribution in [2.75, 3.05) is 40.3 Å². The Morgan fingerprint density at radius 2 is 1.95 bits per heavy atom. The molecule has 1 amide bonds. The Balaban J connectivity index is 1.81. The van der Waals surface area contributed by atoms with Crippen LogP contribution < -0.4 is 5.32 Å². The fourth-order valence-electron chi connectivity index (χ4n) is 3.52. The van der Waals surface area contributed by atoms with Crippen molar-refractivity contribution in [1.29, 1.82) is 0 Å². The number of nitrogens with one attached hydrogen (secondary N) is 1. The third-order valence-electron chi connectivity index (χ3n) is 4.87. The van der Waals surface area contributed by atoms with Crippen molar-refractivity contribution in [3.8, 4) is 0 Å². The van der Waals surface area contributed by atoms with Gasteiger partial charge in [0.15, 0.2) is 0 Å². The molecule has 128 valence electrons. The van der Waals surface area contributed by atoms with Crippen LogP contribution in [0.3, 0.4) is 0 Å². The van der Waals surface area contributed by atoms with Gasteiger partial charge in [-0.15, -0.1) is 0 Å². The van der Waals surface area contributed by atoms with Crippen LogP contribution in [0.5, 0.6) is 0 Å². The highest BCUT2D eigenvalue weighted by Gasteiger charge is 2.29. The molecule has 2 aliphatic rings. The van der Waals surface area contributed by atoms with E-state index in [0.717, 1.165) is 39.1 Å². The first-order chi connectivity index (χ1) is 10.6. The molecule has 5 nitrogen and oxygen atoms in total. The lowest BCUT2D eigenvalue weighted by atomic mass is 10.1. The molecule has 5 heteroatoms. The molecular weight excluding hydrogens is 278 g/mol. The number of hydrogen-bond acceptors (Lipinski definition) is 4. The van der Waals surface area contributed by atoms with Crippen LogP contribution >= 0.6 is 0 Å². The molecule has 1 N–H and O–H groups in total. The molecule has 0 aromatic heterocycles. The van der Waals surface area contributed by atoms with E-state index in [0.29, 0.717) is 6.04 Å². The monoisotopic (exact) mass is 311 g/mol. The first kappa shape index (κ1) is 17.7. The summed E-state index contributed by atoms with van der Waals surface area (Å²) in [6.45, 7) is 5.36. The number of carbonyl (C=O) groups is 1. The maximum atomic E-state index is 12.5. The number of nitrogens with zero attached hydrogens (tertiary/aromatic N) is 2. The fraction of sp³-hybridized carbons (Fsp3) is 0.941. The highest BCUT2D eigenvalue weighted by atomic mass is 16.5. The Hall–Kier alpha value is -0.650. The second-order valence-electron chi connectivity index (χ2n) is 7.12. The normalized spacial score (nSPS) is 26.6. The second kappa shape index (κ2) is 8.85. The standard InChI is InChI=1S/C17H33N3O2/c1-14(17(21)18-15-8-6-4-5-7-9-15)20-10-11-22-16(13-20)12-19(2)3/h14-16H,4-13H2,1-3H3,(H,18,21)/t14-,16+/m0/s1. The highest BCUT2D eigenvalue weighted by Crippen LogP contribution is 2.18. The highest BCUT2D eigenvalue weighted by molar-refractivity contribution is 5.81. The summed E-state index contributed by atoms with van der Waals surface area (Å²) in [6, 6.07) is 0.327. The van der Waals surface area contributed by atoms with E-state index in [2.05, 4.69) is 29.2 Å². The van der Waals surface area contributed by atoms with Crippen LogP contribution in [-0.2, 0) is 9.53 Å². The predicted molar refractivity (Wildman–Crippen MR) is 89.0 cm³/mol. The van der Waals surface area contributed by atoms with Crippen molar-refractivity contribution < 1.29 is 9.53 Å². The SMILES string of the molecule is C[C@@H](C(=O)NC1CCCCCC1)N1CCO[C@H](CN(C)C)C1.